The molecule has 16 heteroatoms. The van der Waals surface area contributed by atoms with E-state index in [1.54, 1.807) is 12.1 Å². The lowest BCUT2D eigenvalue weighted by Crippen LogP contribution is -2.56. The molecule has 13 nitrogen and oxygen atoms in total. The Labute approximate surface area is 286 Å². The monoisotopic (exact) mass is 698 g/mol. The van der Waals surface area contributed by atoms with Crippen LogP contribution in [-0.4, -0.2) is 65.4 Å². The highest BCUT2D eigenvalue weighted by Crippen LogP contribution is 2.29. The molecule has 0 bridgehead atoms. The maximum atomic E-state index is 14.2. The number of halogens is 3. The second-order valence-electron chi connectivity index (χ2n) is 11.5. The zero-order chi connectivity index (χ0) is 37.5. The number of hydrogen-bond donors (Lipinski definition) is 9. The summed E-state index contributed by atoms with van der Waals surface area (Å²) in [4.78, 5) is 48.9. The molecule has 3 rings (SSSR count). The lowest BCUT2D eigenvalue weighted by molar-refractivity contribution is -0.192. The molecule has 1 unspecified atom stereocenters. The van der Waals surface area contributed by atoms with Crippen molar-refractivity contribution in [2.24, 2.45) is 17.2 Å². The van der Waals surface area contributed by atoms with Gasteiger partial charge in [0.05, 0.1) is 5.41 Å². The number of benzene rings is 3. The van der Waals surface area contributed by atoms with Gasteiger partial charge in [0.25, 0.3) is 0 Å². The summed E-state index contributed by atoms with van der Waals surface area (Å²) in [6, 6.07) is 23.7. The number of carboxylic acid groups (broad SMARTS) is 1. The molecule has 0 aromatic heterocycles. The van der Waals surface area contributed by atoms with Crippen molar-refractivity contribution in [2.75, 3.05) is 6.54 Å². The third-order valence-corrected chi connectivity index (χ3v) is 7.53. The number of nitrogen functional groups attached to an aromatic ring is 1. The van der Waals surface area contributed by atoms with Crippen molar-refractivity contribution in [3.63, 3.8) is 0 Å². The molecule has 0 spiro atoms. The van der Waals surface area contributed by atoms with Crippen molar-refractivity contribution in [3.8, 4) is 0 Å². The second kappa shape index (κ2) is 18.6. The average molecular weight is 699 g/mol. The number of primary amides is 1. The predicted molar refractivity (Wildman–Crippen MR) is 181 cm³/mol. The third-order valence-electron chi connectivity index (χ3n) is 7.53. The quantitative estimate of drug-likeness (QED) is 0.0644. The van der Waals surface area contributed by atoms with E-state index >= 15 is 0 Å². The minimum absolute atomic E-state index is 0.0470. The van der Waals surface area contributed by atoms with Crippen LogP contribution >= 0.6 is 0 Å². The fourth-order valence-electron chi connectivity index (χ4n) is 4.79. The van der Waals surface area contributed by atoms with E-state index in [9.17, 15) is 27.6 Å². The lowest BCUT2D eigenvalue weighted by atomic mass is 9.76. The van der Waals surface area contributed by atoms with Crippen LogP contribution < -0.4 is 33.2 Å². The number of guanidine groups is 1. The number of nitrogens with two attached hydrogens (primary N) is 3. The fourth-order valence-corrected chi connectivity index (χ4v) is 4.79. The van der Waals surface area contributed by atoms with Gasteiger partial charge >= 0.3 is 12.1 Å². The maximum absolute atomic E-state index is 14.2. The molecule has 268 valence electrons. The van der Waals surface area contributed by atoms with E-state index in [-0.39, 0.29) is 30.5 Å². The Hall–Kier alpha value is -5.93. The molecular weight excluding hydrogens is 657 g/mol. The largest absolute Gasteiger partial charge is 0.490 e. The SMILES string of the molecule is C[C@@](Cc1ccc(C(=N)N)cc1)(C(=O)N[C@@H](Cc1ccccc1)C(=O)NC(CCCNC(=N)N)C(N)=O)c1ccccc1.O=C(O)C(F)(F)F. The highest BCUT2D eigenvalue weighted by Gasteiger charge is 2.39. The lowest BCUT2D eigenvalue weighted by Gasteiger charge is -2.32. The summed E-state index contributed by atoms with van der Waals surface area (Å²) < 4.78 is 31.7. The molecule has 3 atom stereocenters. The van der Waals surface area contributed by atoms with Crippen LogP contribution in [0, 0.1) is 10.8 Å². The Morgan fingerprint density at radius 1 is 0.800 bits per heavy atom. The van der Waals surface area contributed by atoms with Gasteiger partial charge in [-0.15, -0.1) is 0 Å². The number of amidine groups is 1. The van der Waals surface area contributed by atoms with E-state index < -0.39 is 41.5 Å². The number of carboxylic acids is 1. The summed E-state index contributed by atoms with van der Waals surface area (Å²) in [6.45, 7) is 2.16. The molecule has 0 radical (unpaired) electrons. The van der Waals surface area contributed by atoms with Gasteiger partial charge < -0.3 is 38.3 Å². The molecule has 3 aromatic rings. The molecule has 0 aliphatic carbocycles. The van der Waals surface area contributed by atoms with Crippen molar-refractivity contribution in [2.45, 2.75) is 56.3 Å². The first-order valence-electron chi connectivity index (χ1n) is 15.3. The van der Waals surface area contributed by atoms with E-state index in [4.69, 9.17) is 37.9 Å². The molecule has 0 heterocycles. The second-order valence-corrected chi connectivity index (χ2v) is 11.5. The van der Waals surface area contributed by atoms with Gasteiger partial charge in [0.2, 0.25) is 17.7 Å². The van der Waals surface area contributed by atoms with E-state index in [1.807, 2.05) is 79.7 Å². The van der Waals surface area contributed by atoms with Gasteiger partial charge in [-0.25, -0.2) is 4.79 Å². The highest BCUT2D eigenvalue weighted by atomic mass is 19.4. The van der Waals surface area contributed by atoms with Crippen LogP contribution in [0.4, 0.5) is 13.2 Å². The topological polar surface area (TPSA) is 250 Å². The normalized spacial score (nSPS) is 13.2. The van der Waals surface area contributed by atoms with Gasteiger partial charge in [-0.3, -0.25) is 25.2 Å². The zero-order valence-electron chi connectivity index (χ0n) is 27.2. The van der Waals surface area contributed by atoms with Gasteiger partial charge in [0, 0.05) is 18.5 Å². The first-order chi connectivity index (χ1) is 23.4. The summed E-state index contributed by atoms with van der Waals surface area (Å²) in [5.74, 6) is -4.61. The van der Waals surface area contributed by atoms with Gasteiger partial charge in [-0.1, -0.05) is 84.9 Å². The zero-order valence-corrected chi connectivity index (χ0v) is 27.2. The summed E-state index contributed by atoms with van der Waals surface area (Å²) in [5.41, 5.74) is 18.5. The van der Waals surface area contributed by atoms with Gasteiger partial charge in [-0.05, 0) is 42.9 Å². The van der Waals surface area contributed by atoms with Gasteiger partial charge in [0.1, 0.15) is 17.9 Å². The molecule has 3 aromatic carbocycles. The highest BCUT2D eigenvalue weighted by molar-refractivity contribution is 5.96. The molecule has 0 fully saturated rings. The van der Waals surface area contributed by atoms with E-state index in [0.29, 0.717) is 24.9 Å². The minimum atomic E-state index is -5.08. The first-order valence-corrected chi connectivity index (χ1v) is 15.3. The number of aliphatic carboxylic acids is 1. The fraction of sp³-hybridized carbons (Fsp3) is 0.294. The minimum Gasteiger partial charge on any atom is -0.475 e. The molecule has 3 amide bonds. The number of amides is 3. The van der Waals surface area contributed by atoms with Crippen LogP contribution in [0.2, 0.25) is 0 Å². The summed E-state index contributed by atoms with van der Waals surface area (Å²) in [5, 5.41) is 30.4. The molecule has 0 saturated heterocycles. The molecule has 50 heavy (non-hydrogen) atoms. The molecule has 12 N–H and O–H groups in total. The van der Waals surface area contributed by atoms with Crippen LogP contribution in [0.15, 0.2) is 84.9 Å². The Morgan fingerprint density at radius 2 is 1.34 bits per heavy atom. The molecule has 0 saturated carbocycles. The summed E-state index contributed by atoms with van der Waals surface area (Å²) in [6.07, 6.45) is -3.93. The first kappa shape index (κ1) is 40.2. The van der Waals surface area contributed by atoms with Crippen molar-refractivity contribution in [3.05, 3.63) is 107 Å². The van der Waals surface area contributed by atoms with E-state index in [2.05, 4.69) is 16.0 Å². The third kappa shape index (κ3) is 12.9. The molecule has 0 aliphatic rings. The summed E-state index contributed by atoms with van der Waals surface area (Å²) in [7, 11) is 0. The van der Waals surface area contributed by atoms with Crippen LogP contribution in [-0.2, 0) is 37.4 Å². The van der Waals surface area contributed by atoms with Crippen LogP contribution in [0.25, 0.3) is 0 Å². The molecular formula is C34H41F3N8O5. The number of alkyl halides is 3. The van der Waals surface area contributed by atoms with Crippen LogP contribution in [0.3, 0.4) is 0 Å². The van der Waals surface area contributed by atoms with E-state index in [1.165, 1.54) is 0 Å². The van der Waals surface area contributed by atoms with Crippen molar-refractivity contribution in [1.29, 1.82) is 10.8 Å². The van der Waals surface area contributed by atoms with Crippen LogP contribution in [0.1, 0.15) is 42.0 Å². The van der Waals surface area contributed by atoms with Crippen molar-refractivity contribution >= 4 is 35.5 Å². The Balaban J connectivity index is 0.00000112. The summed E-state index contributed by atoms with van der Waals surface area (Å²) >= 11 is 0. The number of hydrogen-bond acceptors (Lipinski definition) is 6. The standard InChI is InChI=1S/C32H40N8O3.C2HF3O2/c1-32(24-11-6-3-7-12-24,20-22-14-16-23(17-15-22)27(33)34)30(43)40-26(19-21-9-4-2-5-10-21)29(42)39-25(28(35)41)13-8-18-38-31(36)37;3-2(4,5)1(6)7/h2-7,9-12,14-17,25-26H,8,13,18-20H2,1H3,(H3,33,34)(H2,35,41)(H,39,42)(H,40,43)(H4,36,37,38);(H,6,7)/t25?,26-,32-;/m0./s1. The smallest absolute Gasteiger partial charge is 0.475 e. The Kier molecular flexibility index (Phi) is 14.9. The van der Waals surface area contributed by atoms with E-state index in [0.717, 1.165) is 16.7 Å². The number of nitrogens with one attached hydrogen (secondary N) is 5. The Morgan fingerprint density at radius 3 is 1.82 bits per heavy atom. The number of carbonyl (C=O) groups is 4. The predicted octanol–water partition coefficient (Wildman–Crippen LogP) is 2.07. The molecule has 0 aliphatic heterocycles. The van der Waals surface area contributed by atoms with Gasteiger partial charge in [-0.2, -0.15) is 13.2 Å². The number of rotatable bonds is 15. The van der Waals surface area contributed by atoms with Gasteiger partial charge in [0.15, 0.2) is 5.96 Å². The maximum Gasteiger partial charge on any atom is 0.490 e. The average Bonchev–Trinajstić information content (AvgIpc) is 3.06. The van der Waals surface area contributed by atoms with Crippen molar-refractivity contribution in [1.82, 2.24) is 16.0 Å². The van der Waals surface area contributed by atoms with Crippen LogP contribution in [0.5, 0.6) is 0 Å². The Bertz CT molecular complexity index is 1620. The van der Waals surface area contributed by atoms with Crippen molar-refractivity contribution < 1.29 is 37.5 Å². The number of carbonyl (C=O) groups excluding carboxylic acids is 3.